The summed E-state index contributed by atoms with van der Waals surface area (Å²) in [5.41, 5.74) is 17.1. The fraction of sp³-hybridized carbons (Fsp3) is 0.744. The van der Waals surface area contributed by atoms with Crippen LogP contribution in [0.25, 0.3) is 0 Å². The molecule has 2 aliphatic carbocycles. The third-order valence-electron chi connectivity index (χ3n) is 12.5. The lowest BCUT2D eigenvalue weighted by Gasteiger charge is -2.35. The molecule has 2 saturated carbocycles. The van der Waals surface area contributed by atoms with E-state index in [9.17, 15) is 29.1 Å². The minimum Gasteiger partial charge on any atom is -0.374 e. The molecule has 3 amide bonds. The molecule has 56 heavy (non-hydrogen) atoms. The number of nitrogens with two attached hydrogens (primary N) is 3. The van der Waals surface area contributed by atoms with E-state index in [1.807, 2.05) is 30.3 Å². The Morgan fingerprint density at radius 2 is 1.43 bits per heavy atom. The van der Waals surface area contributed by atoms with Gasteiger partial charge in [-0.3, -0.25) is 24.0 Å². The number of likely N-dealkylation sites (N-methyl/N-ethyl adjacent to an activating group) is 1. The summed E-state index contributed by atoms with van der Waals surface area (Å²) >= 11 is 0. The number of unbranched alkanes of at least 4 members (excludes halogenated alkanes) is 1. The van der Waals surface area contributed by atoms with Crippen molar-refractivity contribution in [1.82, 2.24) is 20.9 Å². The van der Waals surface area contributed by atoms with Gasteiger partial charge in [0.15, 0.2) is 17.2 Å². The Hall–Kier alpha value is -3.23. The van der Waals surface area contributed by atoms with Crippen molar-refractivity contribution in [3.05, 3.63) is 35.9 Å². The largest absolute Gasteiger partial charge is 0.374 e. The highest BCUT2D eigenvalue weighted by molar-refractivity contribution is 6.14. The number of carbonyl (C=O) groups excluding carboxylic acids is 5. The Bertz CT molecular complexity index is 1400. The molecule has 13 heteroatoms. The summed E-state index contributed by atoms with van der Waals surface area (Å²) in [6.45, 7) is 0.789. The molecule has 0 spiro atoms. The third kappa shape index (κ3) is 13.2. The summed E-state index contributed by atoms with van der Waals surface area (Å²) in [5.74, 6) is -1.88. The van der Waals surface area contributed by atoms with Crippen LogP contribution in [-0.4, -0.2) is 102 Å². The molecule has 0 bridgehead atoms. The summed E-state index contributed by atoms with van der Waals surface area (Å²) in [7, 11) is 1.70. The van der Waals surface area contributed by atoms with E-state index in [-0.39, 0.29) is 50.1 Å². The zero-order valence-corrected chi connectivity index (χ0v) is 33.9. The van der Waals surface area contributed by atoms with E-state index in [1.165, 1.54) is 11.3 Å². The van der Waals surface area contributed by atoms with Gasteiger partial charge in [0.05, 0.1) is 24.2 Å². The molecule has 314 valence electrons. The number of amides is 3. The lowest BCUT2D eigenvalue weighted by molar-refractivity contribution is -0.158. The topological polar surface area (TPSA) is 223 Å². The molecule has 0 aromatic heterocycles. The van der Waals surface area contributed by atoms with Crippen LogP contribution in [0.4, 0.5) is 0 Å². The van der Waals surface area contributed by atoms with Gasteiger partial charge in [0, 0.05) is 13.1 Å². The zero-order valence-electron chi connectivity index (χ0n) is 33.9. The Labute approximate surface area is 334 Å². The van der Waals surface area contributed by atoms with Crippen molar-refractivity contribution in [2.75, 3.05) is 26.7 Å². The number of benzene rings is 1. The van der Waals surface area contributed by atoms with E-state index < -0.39 is 53.3 Å². The molecule has 1 heterocycles. The number of Topliss-reactive ketones (excluding diaryl/α,β-unsaturated/α-hetero) is 2. The molecule has 1 aromatic carbocycles. The number of hydrogen-bond donors (Lipinski definition) is 7. The van der Waals surface area contributed by atoms with Crippen LogP contribution < -0.4 is 33.2 Å². The van der Waals surface area contributed by atoms with Crippen molar-refractivity contribution in [2.24, 2.45) is 29.0 Å². The van der Waals surface area contributed by atoms with Gasteiger partial charge >= 0.3 is 0 Å². The number of nitrogens with zero attached hydrogens (tertiary/aromatic N) is 1. The van der Waals surface area contributed by atoms with Gasteiger partial charge < -0.3 is 43.2 Å². The van der Waals surface area contributed by atoms with Crippen LogP contribution in [0.15, 0.2) is 30.3 Å². The van der Waals surface area contributed by atoms with E-state index in [0.717, 1.165) is 63.4 Å². The minimum atomic E-state index is -2.46. The molecule has 1 unspecified atom stereocenters. The number of rotatable bonds is 23. The van der Waals surface area contributed by atoms with Gasteiger partial charge in [-0.15, -0.1) is 0 Å². The second-order valence-corrected chi connectivity index (χ2v) is 16.7. The van der Waals surface area contributed by atoms with Gasteiger partial charge in [0.25, 0.3) is 0 Å². The first kappa shape index (κ1) is 45.5. The number of ketones is 2. The zero-order chi connectivity index (χ0) is 40.5. The highest BCUT2D eigenvalue weighted by Gasteiger charge is 2.51. The third-order valence-corrected chi connectivity index (χ3v) is 12.5. The van der Waals surface area contributed by atoms with Crippen molar-refractivity contribution < 1.29 is 29.1 Å². The number of hydrogen-bond acceptors (Lipinski definition) is 10. The summed E-state index contributed by atoms with van der Waals surface area (Å²) in [4.78, 5) is 71.1. The smallest absolute Gasteiger partial charge is 0.245 e. The quantitative estimate of drug-likeness (QED) is 0.0636. The first-order valence-corrected chi connectivity index (χ1v) is 21.6. The normalized spacial score (nSPS) is 21.4. The molecule has 4 rings (SSSR count). The van der Waals surface area contributed by atoms with Gasteiger partial charge in [-0.2, -0.15) is 0 Å². The van der Waals surface area contributed by atoms with E-state index in [1.54, 1.807) is 7.05 Å². The maximum Gasteiger partial charge on any atom is 0.245 e. The van der Waals surface area contributed by atoms with Crippen LogP contribution >= 0.6 is 0 Å². The maximum absolute atomic E-state index is 14.6. The lowest BCUT2D eigenvalue weighted by atomic mass is 9.77. The number of aliphatic hydroxyl groups is 1. The molecular formula is C43H71N7O6. The molecule has 6 atom stereocenters. The molecule has 1 aromatic rings. The second kappa shape index (κ2) is 23.2. The standard InChI is InChI=1S/C43H71N7O6/c1-47-36(29-32-19-9-4-10-20-32)41(54)49-35(21-11-12-24-44)42(55)50-26-13-22-37(50)39(52)43(56,38(51)33(45)27-30-15-5-2-6-16-30)23-14-25-48-40(53)34(46)28-31-17-7-3-8-18-31/h4,9-10,19-20,30-31,33-37,47,56H,2-3,5-8,11-18,21-29,44-46H2,1H3,(H,48,53)(H,49,54)/t33-,34+,35+,36+,37+,43?/m1/s1. The van der Waals surface area contributed by atoms with Gasteiger partial charge in [0.2, 0.25) is 17.7 Å². The van der Waals surface area contributed by atoms with Crippen molar-refractivity contribution in [1.29, 1.82) is 0 Å². The molecule has 3 fully saturated rings. The van der Waals surface area contributed by atoms with Crippen LogP contribution in [0, 0.1) is 11.8 Å². The lowest BCUT2D eigenvalue weighted by Crippen LogP contribution is -2.61. The van der Waals surface area contributed by atoms with E-state index >= 15 is 0 Å². The molecular weight excluding hydrogens is 711 g/mol. The Balaban J connectivity index is 1.48. The molecule has 1 saturated heterocycles. The van der Waals surface area contributed by atoms with E-state index in [0.29, 0.717) is 57.4 Å². The average Bonchev–Trinajstić information content (AvgIpc) is 3.71. The molecule has 1 aliphatic heterocycles. The summed E-state index contributed by atoms with van der Waals surface area (Å²) < 4.78 is 0. The highest BCUT2D eigenvalue weighted by atomic mass is 16.3. The summed E-state index contributed by atoms with van der Waals surface area (Å²) in [5, 5.41) is 21.1. The predicted molar refractivity (Wildman–Crippen MR) is 218 cm³/mol. The molecule has 13 nitrogen and oxygen atoms in total. The van der Waals surface area contributed by atoms with Crippen molar-refractivity contribution >= 4 is 29.3 Å². The fourth-order valence-electron chi connectivity index (χ4n) is 9.12. The SMILES string of the molecule is CN[C@@H](Cc1ccccc1)C(=O)N[C@@H](CCCCN)C(=O)N1CCC[C@H]1C(=O)C(O)(CCCNC(=O)[C@@H](N)CC1CCCCC1)C(=O)[C@H](N)CC1CCCCC1. The van der Waals surface area contributed by atoms with E-state index in [4.69, 9.17) is 17.2 Å². The summed E-state index contributed by atoms with van der Waals surface area (Å²) in [6, 6.07) is 5.28. The van der Waals surface area contributed by atoms with Gasteiger partial charge in [-0.05, 0) is 95.2 Å². The predicted octanol–water partition coefficient (Wildman–Crippen LogP) is 2.78. The first-order valence-electron chi connectivity index (χ1n) is 21.6. The maximum atomic E-state index is 14.6. The number of likely N-dealkylation sites (tertiary alicyclic amines) is 1. The Morgan fingerprint density at radius 1 is 0.804 bits per heavy atom. The highest BCUT2D eigenvalue weighted by Crippen LogP contribution is 2.32. The van der Waals surface area contributed by atoms with Gasteiger partial charge in [-0.1, -0.05) is 94.5 Å². The Morgan fingerprint density at radius 3 is 2.04 bits per heavy atom. The minimum absolute atomic E-state index is 0.121. The van der Waals surface area contributed by atoms with Crippen molar-refractivity contribution in [3.63, 3.8) is 0 Å². The monoisotopic (exact) mass is 782 g/mol. The van der Waals surface area contributed by atoms with E-state index in [2.05, 4.69) is 16.0 Å². The average molecular weight is 782 g/mol. The van der Waals surface area contributed by atoms with Crippen LogP contribution in [0.2, 0.25) is 0 Å². The van der Waals surface area contributed by atoms with Crippen LogP contribution in [-0.2, 0) is 30.4 Å². The Kier molecular flexibility index (Phi) is 18.9. The first-order chi connectivity index (χ1) is 27.0. The number of nitrogens with one attached hydrogen (secondary N) is 3. The number of carbonyl (C=O) groups is 5. The molecule has 3 aliphatic rings. The summed E-state index contributed by atoms with van der Waals surface area (Å²) in [6.07, 6.45) is 14.4. The van der Waals surface area contributed by atoms with Crippen molar-refractivity contribution in [2.45, 2.75) is 164 Å². The van der Waals surface area contributed by atoms with Crippen LogP contribution in [0.5, 0.6) is 0 Å². The van der Waals surface area contributed by atoms with Crippen molar-refractivity contribution in [3.8, 4) is 0 Å². The van der Waals surface area contributed by atoms with Crippen LogP contribution in [0.3, 0.4) is 0 Å². The molecule has 10 N–H and O–H groups in total. The van der Waals surface area contributed by atoms with Crippen LogP contribution in [0.1, 0.15) is 128 Å². The second-order valence-electron chi connectivity index (χ2n) is 16.7. The molecule has 0 radical (unpaired) electrons. The van der Waals surface area contributed by atoms with Gasteiger partial charge in [-0.25, -0.2) is 0 Å². The van der Waals surface area contributed by atoms with Gasteiger partial charge in [0.1, 0.15) is 6.04 Å². The fourth-order valence-corrected chi connectivity index (χ4v) is 9.12.